The molecule has 0 fully saturated rings. The highest BCUT2D eigenvalue weighted by molar-refractivity contribution is 7.89. The Morgan fingerprint density at radius 3 is 2.75 bits per heavy atom. The van der Waals surface area contributed by atoms with Gasteiger partial charge in [0.25, 0.3) is 0 Å². The van der Waals surface area contributed by atoms with Crippen LogP contribution in [0, 0.1) is 0 Å². The fourth-order valence-corrected chi connectivity index (χ4v) is 2.53. The van der Waals surface area contributed by atoms with E-state index < -0.39 is 9.84 Å². The normalized spacial score (nSPS) is 12.1. The van der Waals surface area contributed by atoms with Gasteiger partial charge >= 0.3 is 0 Å². The molecule has 86 valence electrons. The first kappa shape index (κ1) is 11.2. The molecule has 5 heteroatoms. The predicted molar refractivity (Wildman–Crippen MR) is 64.7 cm³/mol. The number of hydrogen-bond donors (Lipinski definition) is 2. The average molecular weight is 238 g/mol. The first-order valence-electron chi connectivity index (χ1n) is 4.97. The number of nitrogens with one attached hydrogen (secondary N) is 1. The highest BCUT2D eigenvalue weighted by Gasteiger charge is 2.09. The highest BCUT2D eigenvalue weighted by Crippen LogP contribution is 2.20. The second kappa shape index (κ2) is 3.92. The van der Waals surface area contributed by atoms with Crippen LogP contribution in [0.2, 0.25) is 0 Å². The van der Waals surface area contributed by atoms with E-state index in [1.54, 1.807) is 0 Å². The van der Waals surface area contributed by atoms with Crippen molar-refractivity contribution in [3.63, 3.8) is 0 Å². The molecular weight excluding hydrogens is 224 g/mol. The zero-order valence-corrected chi connectivity index (χ0v) is 9.84. The molecule has 0 aliphatic carbocycles. The maximum Gasteiger partial charge on any atom is 0.153 e. The van der Waals surface area contributed by atoms with Gasteiger partial charge in [0, 0.05) is 29.4 Å². The Bertz CT molecular complexity index is 614. The quantitative estimate of drug-likeness (QED) is 0.842. The van der Waals surface area contributed by atoms with Crippen molar-refractivity contribution in [1.29, 1.82) is 0 Å². The van der Waals surface area contributed by atoms with E-state index in [-0.39, 0.29) is 5.75 Å². The molecule has 0 unspecified atom stereocenters. The van der Waals surface area contributed by atoms with E-state index >= 15 is 0 Å². The minimum absolute atomic E-state index is 0.0334. The lowest BCUT2D eigenvalue weighted by Crippen LogP contribution is -2.00. The number of sulfone groups is 1. The fraction of sp³-hybridized carbons (Fsp3) is 0.273. The molecule has 2 aromatic rings. The molecule has 0 bridgehead atoms. The van der Waals surface area contributed by atoms with Gasteiger partial charge in [0.1, 0.15) is 0 Å². The first-order valence-corrected chi connectivity index (χ1v) is 7.03. The van der Waals surface area contributed by atoms with Crippen LogP contribution in [0.1, 0.15) is 11.3 Å². The number of aromatic amines is 1. The van der Waals surface area contributed by atoms with Crippen molar-refractivity contribution in [2.75, 3.05) is 6.26 Å². The molecule has 2 rings (SSSR count). The Hall–Kier alpha value is -1.33. The maximum absolute atomic E-state index is 11.2. The van der Waals surface area contributed by atoms with E-state index in [9.17, 15) is 8.42 Å². The van der Waals surface area contributed by atoms with Crippen molar-refractivity contribution in [2.45, 2.75) is 12.3 Å². The second-order valence-electron chi connectivity index (χ2n) is 3.95. The van der Waals surface area contributed by atoms with Gasteiger partial charge in [-0.15, -0.1) is 0 Å². The minimum Gasteiger partial charge on any atom is -0.358 e. The summed E-state index contributed by atoms with van der Waals surface area (Å²) in [6.07, 6.45) is 1.22. The van der Waals surface area contributed by atoms with Crippen LogP contribution in [0.3, 0.4) is 0 Å². The summed E-state index contributed by atoms with van der Waals surface area (Å²) in [6.45, 7) is 0.452. The van der Waals surface area contributed by atoms with Gasteiger partial charge in [0.2, 0.25) is 0 Å². The first-order chi connectivity index (χ1) is 7.49. The van der Waals surface area contributed by atoms with Crippen molar-refractivity contribution < 1.29 is 8.42 Å². The standard InChI is InChI=1S/C11H14N2O2S/c1-16(14,15)7-9-5-10-8(6-12)3-2-4-11(10)13-9/h2-5,13H,6-7,12H2,1H3. The molecule has 0 radical (unpaired) electrons. The SMILES string of the molecule is CS(=O)(=O)Cc1cc2c(CN)cccc2[nH]1. The number of rotatable bonds is 3. The van der Waals surface area contributed by atoms with Crippen molar-refractivity contribution in [2.24, 2.45) is 5.73 Å². The van der Waals surface area contributed by atoms with Gasteiger partial charge in [-0.25, -0.2) is 8.42 Å². The van der Waals surface area contributed by atoms with Gasteiger partial charge in [-0.2, -0.15) is 0 Å². The molecule has 0 saturated heterocycles. The van der Waals surface area contributed by atoms with E-state index in [0.717, 1.165) is 16.5 Å². The van der Waals surface area contributed by atoms with E-state index in [1.807, 2.05) is 24.3 Å². The number of H-pyrrole nitrogens is 1. The van der Waals surface area contributed by atoms with E-state index in [1.165, 1.54) is 6.26 Å². The Morgan fingerprint density at radius 1 is 1.38 bits per heavy atom. The lowest BCUT2D eigenvalue weighted by molar-refractivity contribution is 0.600. The number of fused-ring (bicyclic) bond motifs is 1. The molecule has 0 aliphatic heterocycles. The van der Waals surface area contributed by atoms with Crippen molar-refractivity contribution in [3.05, 3.63) is 35.5 Å². The molecule has 16 heavy (non-hydrogen) atoms. The highest BCUT2D eigenvalue weighted by atomic mass is 32.2. The number of nitrogens with two attached hydrogens (primary N) is 1. The van der Waals surface area contributed by atoms with Crippen molar-refractivity contribution in [3.8, 4) is 0 Å². The van der Waals surface area contributed by atoms with Gasteiger partial charge in [-0.1, -0.05) is 12.1 Å². The molecule has 1 heterocycles. The smallest absolute Gasteiger partial charge is 0.153 e. The molecule has 0 spiro atoms. The average Bonchev–Trinajstić information content (AvgIpc) is 2.56. The van der Waals surface area contributed by atoms with Crippen molar-refractivity contribution >= 4 is 20.7 Å². The second-order valence-corrected chi connectivity index (χ2v) is 6.09. The summed E-state index contributed by atoms with van der Waals surface area (Å²) >= 11 is 0. The zero-order valence-electron chi connectivity index (χ0n) is 9.03. The molecule has 1 aromatic heterocycles. The van der Waals surface area contributed by atoms with E-state index in [0.29, 0.717) is 12.2 Å². The van der Waals surface area contributed by atoms with Crippen LogP contribution in [0.5, 0.6) is 0 Å². The Balaban J connectivity index is 2.52. The topological polar surface area (TPSA) is 75.9 Å². The zero-order chi connectivity index (χ0) is 11.8. The van der Waals surface area contributed by atoms with Crippen molar-refractivity contribution in [1.82, 2.24) is 4.98 Å². The summed E-state index contributed by atoms with van der Waals surface area (Å²) in [4.78, 5) is 3.09. The molecule has 0 aliphatic rings. The monoisotopic (exact) mass is 238 g/mol. The third kappa shape index (κ3) is 2.25. The van der Waals surface area contributed by atoms with Crippen LogP contribution in [-0.2, 0) is 22.1 Å². The van der Waals surface area contributed by atoms with Crippen LogP contribution < -0.4 is 5.73 Å². The van der Waals surface area contributed by atoms with E-state index in [2.05, 4.69) is 4.98 Å². The molecular formula is C11H14N2O2S. The number of aromatic nitrogens is 1. The number of benzene rings is 1. The molecule has 0 saturated carbocycles. The summed E-state index contributed by atoms with van der Waals surface area (Å²) in [5.41, 5.74) is 8.28. The van der Waals surface area contributed by atoms with Crippen LogP contribution >= 0.6 is 0 Å². The summed E-state index contributed by atoms with van der Waals surface area (Å²) in [5, 5.41) is 1.00. The summed E-state index contributed by atoms with van der Waals surface area (Å²) in [5.74, 6) is 0.0334. The Labute approximate surface area is 94.4 Å². The summed E-state index contributed by atoms with van der Waals surface area (Å²) < 4.78 is 22.4. The van der Waals surface area contributed by atoms with Crippen LogP contribution in [0.15, 0.2) is 24.3 Å². The van der Waals surface area contributed by atoms with Gasteiger partial charge < -0.3 is 10.7 Å². The minimum atomic E-state index is -3.01. The van der Waals surface area contributed by atoms with E-state index in [4.69, 9.17) is 5.73 Å². The maximum atomic E-state index is 11.2. The lowest BCUT2D eigenvalue weighted by atomic mass is 10.1. The molecule has 1 aromatic carbocycles. The van der Waals surface area contributed by atoms with Gasteiger partial charge in [0.15, 0.2) is 9.84 Å². The molecule has 0 atom stereocenters. The van der Waals surface area contributed by atoms with Crippen LogP contribution in [-0.4, -0.2) is 19.7 Å². The Morgan fingerprint density at radius 2 is 2.12 bits per heavy atom. The summed E-state index contributed by atoms with van der Waals surface area (Å²) in [6, 6.07) is 7.63. The third-order valence-electron chi connectivity index (χ3n) is 2.45. The van der Waals surface area contributed by atoms with Gasteiger partial charge in [-0.05, 0) is 17.7 Å². The predicted octanol–water partition coefficient (Wildman–Crippen LogP) is 1.17. The largest absolute Gasteiger partial charge is 0.358 e. The van der Waals surface area contributed by atoms with Crippen LogP contribution in [0.25, 0.3) is 10.9 Å². The number of hydrogen-bond acceptors (Lipinski definition) is 3. The lowest BCUT2D eigenvalue weighted by Gasteiger charge is -1.96. The van der Waals surface area contributed by atoms with Gasteiger partial charge in [-0.3, -0.25) is 0 Å². The third-order valence-corrected chi connectivity index (χ3v) is 3.28. The Kier molecular flexibility index (Phi) is 2.73. The fourth-order valence-electron chi connectivity index (χ4n) is 1.81. The molecule has 3 N–H and O–H groups in total. The van der Waals surface area contributed by atoms with Gasteiger partial charge in [0.05, 0.1) is 5.75 Å². The molecule has 4 nitrogen and oxygen atoms in total. The summed E-state index contributed by atoms with van der Waals surface area (Å²) in [7, 11) is -3.01. The molecule has 0 amide bonds. The van der Waals surface area contributed by atoms with Crippen LogP contribution in [0.4, 0.5) is 0 Å².